The van der Waals surface area contributed by atoms with Crippen molar-refractivity contribution in [3.8, 4) is 0 Å². The van der Waals surface area contributed by atoms with Gasteiger partial charge >= 0.3 is 0 Å². The van der Waals surface area contributed by atoms with Gasteiger partial charge in [0.1, 0.15) is 0 Å². The molecule has 4 heteroatoms. The van der Waals surface area contributed by atoms with E-state index < -0.39 is 0 Å². The third kappa shape index (κ3) is 6.00. The van der Waals surface area contributed by atoms with Crippen LogP contribution in [0.25, 0.3) is 6.08 Å². The molecular formula is C21H27N3S. The van der Waals surface area contributed by atoms with Crippen molar-refractivity contribution in [3.63, 3.8) is 0 Å². The Morgan fingerprint density at radius 1 is 1.24 bits per heavy atom. The Hall–Kier alpha value is -2.17. The van der Waals surface area contributed by atoms with Crippen LogP contribution >= 0.6 is 12.6 Å². The number of hydrogen-bond donors (Lipinski definition) is 3. The van der Waals surface area contributed by atoms with Gasteiger partial charge in [-0.15, -0.1) is 12.6 Å². The van der Waals surface area contributed by atoms with Gasteiger partial charge in [0.2, 0.25) is 0 Å². The van der Waals surface area contributed by atoms with Crippen molar-refractivity contribution in [2.24, 2.45) is 0 Å². The van der Waals surface area contributed by atoms with Gasteiger partial charge in [-0.2, -0.15) is 0 Å². The van der Waals surface area contributed by atoms with Crippen LogP contribution in [-0.4, -0.2) is 17.6 Å². The molecule has 0 amide bonds. The molecule has 0 spiro atoms. The molecule has 0 aliphatic rings. The van der Waals surface area contributed by atoms with Gasteiger partial charge in [-0.05, 0) is 62.4 Å². The Morgan fingerprint density at radius 3 is 2.56 bits per heavy atom. The molecule has 0 aliphatic heterocycles. The number of benzene rings is 2. The predicted molar refractivity (Wildman–Crippen MR) is 111 cm³/mol. The van der Waals surface area contributed by atoms with Gasteiger partial charge in [0.05, 0.1) is 5.66 Å². The highest BCUT2D eigenvalue weighted by molar-refractivity contribution is 7.80. The summed E-state index contributed by atoms with van der Waals surface area (Å²) in [6.45, 7) is 9.21. The van der Waals surface area contributed by atoms with Gasteiger partial charge in [0.25, 0.3) is 0 Å². The van der Waals surface area contributed by atoms with Crippen LogP contribution in [0, 0.1) is 0 Å². The Balaban J connectivity index is 1.96. The lowest BCUT2D eigenvalue weighted by molar-refractivity contribution is 0.123. The zero-order valence-corrected chi connectivity index (χ0v) is 16.1. The van der Waals surface area contributed by atoms with E-state index in [1.165, 1.54) is 5.56 Å². The number of rotatable bonds is 7. The number of allylic oxidation sites excluding steroid dienone is 1. The second kappa shape index (κ2) is 8.28. The molecule has 0 aromatic heterocycles. The van der Waals surface area contributed by atoms with E-state index >= 15 is 0 Å². The van der Waals surface area contributed by atoms with Crippen LogP contribution in [0.5, 0.6) is 0 Å². The van der Waals surface area contributed by atoms with Crippen molar-refractivity contribution >= 4 is 24.4 Å². The molecule has 25 heavy (non-hydrogen) atoms. The highest BCUT2D eigenvalue weighted by atomic mass is 32.1. The molecule has 0 heterocycles. The van der Waals surface area contributed by atoms with Crippen LogP contribution in [0.15, 0.2) is 71.8 Å². The highest BCUT2D eigenvalue weighted by Crippen LogP contribution is 2.17. The van der Waals surface area contributed by atoms with Crippen molar-refractivity contribution in [2.45, 2.75) is 31.0 Å². The Labute approximate surface area is 156 Å². The SMILES string of the molecule is C=C(/C=C/c1ccc(N)cc1)NC(C)(C)N(C)Cc1cccc(S)c1. The lowest BCUT2D eigenvalue weighted by Crippen LogP contribution is -2.51. The molecule has 0 unspecified atom stereocenters. The molecule has 0 atom stereocenters. The largest absolute Gasteiger partial charge is 0.399 e. The lowest BCUT2D eigenvalue weighted by atomic mass is 10.1. The summed E-state index contributed by atoms with van der Waals surface area (Å²) in [7, 11) is 2.09. The maximum Gasteiger partial charge on any atom is 0.0849 e. The van der Waals surface area contributed by atoms with Crippen LogP contribution < -0.4 is 11.1 Å². The second-order valence-electron chi connectivity index (χ2n) is 6.74. The van der Waals surface area contributed by atoms with Crippen molar-refractivity contribution in [3.05, 3.63) is 78.0 Å². The maximum absolute atomic E-state index is 5.71. The fraction of sp³-hybridized carbons (Fsp3) is 0.238. The number of nitrogens with zero attached hydrogens (tertiary/aromatic N) is 1. The first-order valence-corrected chi connectivity index (χ1v) is 8.71. The van der Waals surface area contributed by atoms with E-state index in [2.05, 4.69) is 62.5 Å². The van der Waals surface area contributed by atoms with Crippen LogP contribution in [0.4, 0.5) is 5.69 Å². The summed E-state index contributed by atoms with van der Waals surface area (Å²) in [5.74, 6) is 0. The number of hydrogen-bond acceptors (Lipinski definition) is 4. The van der Waals surface area contributed by atoms with Crippen LogP contribution in [0.2, 0.25) is 0 Å². The van der Waals surface area contributed by atoms with E-state index in [9.17, 15) is 0 Å². The third-order valence-corrected chi connectivity index (χ3v) is 4.44. The smallest absolute Gasteiger partial charge is 0.0849 e. The van der Waals surface area contributed by atoms with Crippen LogP contribution in [0.3, 0.4) is 0 Å². The lowest BCUT2D eigenvalue weighted by Gasteiger charge is -2.37. The number of nitrogens with two attached hydrogens (primary N) is 1. The Bertz CT molecular complexity index is 748. The van der Waals surface area contributed by atoms with Gasteiger partial charge in [-0.25, -0.2) is 0 Å². The summed E-state index contributed by atoms with van der Waals surface area (Å²) >= 11 is 4.41. The Kier molecular flexibility index (Phi) is 6.34. The van der Waals surface area contributed by atoms with Crippen molar-refractivity contribution in [1.29, 1.82) is 0 Å². The molecule has 0 fully saturated rings. The molecule has 0 radical (unpaired) electrons. The number of nitrogen functional groups attached to an aromatic ring is 1. The van der Waals surface area contributed by atoms with Crippen molar-refractivity contribution in [1.82, 2.24) is 10.2 Å². The molecule has 0 saturated heterocycles. The van der Waals surface area contributed by atoms with Gasteiger partial charge in [-0.3, -0.25) is 4.90 Å². The quantitative estimate of drug-likeness (QED) is 0.296. The topological polar surface area (TPSA) is 41.3 Å². The molecule has 2 rings (SSSR count). The first kappa shape index (κ1) is 19.2. The van der Waals surface area contributed by atoms with E-state index in [0.717, 1.165) is 28.4 Å². The average molecular weight is 354 g/mol. The first-order chi connectivity index (χ1) is 11.8. The monoisotopic (exact) mass is 353 g/mol. The number of nitrogens with one attached hydrogen (secondary N) is 1. The van der Waals surface area contributed by atoms with E-state index in [1.54, 1.807) is 0 Å². The Morgan fingerprint density at radius 2 is 1.92 bits per heavy atom. The summed E-state index contributed by atoms with van der Waals surface area (Å²) in [6.07, 6.45) is 4.00. The van der Waals surface area contributed by atoms with E-state index in [0.29, 0.717) is 0 Å². The molecule has 2 aromatic rings. The molecular weight excluding hydrogens is 326 g/mol. The average Bonchev–Trinajstić information content (AvgIpc) is 2.54. The second-order valence-corrected chi connectivity index (χ2v) is 7.25. The van der Waals surface area contributed by atoms with Gasteiger partial charge < -0.3 is 11.1 Å². The summed E-state index contributed by atoms with van der Waals surface area (Å²) < 4.78 is 0. The zero-order valence-electron chi connectivity index (χ0n) is 15.2. The van der Waals surface area contributed by atoms with Gasteiger partial charge in [0, 0.05) is 22.8 Å². The minimum Gasteiger partial charge on any atom is -0.399 e. The summed E-state index contributed by atoms with van der Waals surface area (Å²) in [5.41, 5.74) is 9.41. The molecule has 0 bridgehead atoms. The molecule has 3 N–H and O–H groups in total. The molecule has 2 aromatic carbocycles. The van der Waals surface area contributed by atoms with Crippen molar-refractivity contribution < 1.29 is 0 Å². The third-order valence-electron chi connectivity index (χ3n) is 4.16. The highest BCUT2D eigenvalue weighted by Gasteiger charge is 2.23. The molecule has 3 nitrogen and oxygen atoms in total. The fourth-order valence-corrected chi connectivity index (χ4v) is 2.71. The minimum atomic E-state index is -0.241. The van der Waals surface area contributed by atoms with Gasteiger partial charge in [-0.1, -0.05) is 36.9 Å². The minimum absolute atomic E-state index is 0.241. The molecule has 0 saturated carbocycles. The van der Waals surface area contributed by atoms with Crippen molar-refractivity contribution in [2.75, 3.05) is 12.8 Å². The normalized spacial score (nSPS) is 11.9. The predicted octanol–water partition coefficient (Wildman–Crippen LogP) is 4.54. The summed E-state index contributed by atoms with van der Waals surface area (Å²) in [4.78, 5) is 3.23. The molecule has 0 aliphatic carbocycles. The summed E-state index contributed by atoms with van der Waals surface area (Å²) in [6, 6.07) is 16.0. The fourth-order valence-electron chi connectivity index (χ4n) is 2.46. The van der Waals surface area contributed by atoms with Crippen LogP contribution in [0.1, 0.15) is 25.0 Å². The standard InChI is InChI=1S/C21H27N3S/c1-16(8-9-17-10-12-19(22)13-11-17)23-21(2,3)24(4)15-18-6-5-7-20(25)14-18/h5-14,23,25H,1,15,22H2,2-4H3/b9-8+. The number of anilines is 1. The maximum atomic E-state index is 5.71. The number of thiol groups is 1. The zero-order chi connectivity index (χ0) is 18.4. The first-order valence-electron chi connectivity index (χ1n) is 8.26. The van der Waals surface area contributed by atoms with E-state index in [-0.39, 0.29) is 5.66 Å². The summed E-state index contributed by atoms with van der Waals surface area (Å²) in [5, 5.41) is 3.47. The van der Waals surface area contributed by atoms with E-state index in [4.69, 9.17) is 5.73 Å². The van der Waals surface area contributed by atoms with Gasteiger partial charge in [0.15, 0.2) is 0 Å². The van der Waals surface area contributed by atoms with E-state index in [1.807, 2.05) is 48.6 Å². The molecule has 132 valence electrons. The van der Waals surface area contributed by atoms with Crippen LogP contribution in [-0.2, 0) is 6.54 Å².